The highest BCUT2D eigenvalue weighted by Crippen LogP contribution is 2.33. The van der Waals surface area contributed by atoms with Gasteiger partial charge in [0.2, 0.25) is 5.89 Å². The summed E-state index contributed by atoms with van der Waals surface area (Å²) in [7, 11) is 0. The van der Waals surface area contributed by atoms with Crippen molar-refractivity contribution in [1.29, 1.82) is 0 Å². The van der Waals surface area contributed by atoms with E-state index in [1.807, 2.05) is 0 Å². The summed E-state index contributed by atoms with van der Waals surface area (Å²) in [6.07, 6.45) is 2.22. The third-order valence-corrected chi connectivity index (χ3v) is 3.70. The molecule has 3 rings (SSSR count). The molecule has 0 atom stereocenters. The Morgan fingerprint density at radius 3 is 3.00 bits per heavy atom. The van der Waals surface area contributed by atoms with Gasteiger partial charge in [0.05, 0.1) is 6.54 Å². The second-order valence-electron chi connectivity index (χ2n) is 5.90. The molecule has 1 aromatic carbocycles. The lowest BCUT2D eigenvalue weighted by Gasteiger charge is -2.27. The number of hydrogen-bond acceptors (Lipinski definition) is 5. The Kier molecular flexibility index (Phi) is 3.92. The summed E-state index contributed by atoms with van der Waals surface area (Å²) >= 11 is 0. The number of benzene rings is 1. The molecule has 21 heavy (non-hydrogen) atoms. The van der Waals surface area contributed by atoms with Crippen LogP contribution in [0.15, 0.2) is 22.6 Å². The first-order chi connectivity index (χ1) is 10.1. The van der Waals surface area contributed by atoms with E-state index in [0.717, 1.165) is 19.4 Å². The fourth-order valence-electron chi connectivity index (χ4n) is 2.64. The molecule has 2 heterocycles. The molecule has 0 radical (unpaired) electrons. The topological polar surface area (TPSA) is 54.2 Å². The van der Waals surface area contributed by atoms with Gasteiger partial charge in [-0.05, 0) is 31.4 Å². The predicted octanol–water partition coefficient (Wildman–Crippen LogP) is 2.96. The molecule has 0 saturated heterocycles. The van der Waals surface area contributed by atoms with Crippen molar-refractivity contribution in [2.75, 3.05) is 11.4 Å². The second-order valence-corrected chi connectivity index (χ2v) is 5.90. The zero-order valence-electron chi connectivity index (χ0n) is 12.9. The molecule has 0 fully saturated rings. The van der Waals surface area contributed by atoms with E-state index in [9.17, 15) is 0 Å². The first-order valence-corrected chi connectivity index (χ1v) is 7.56. The Hall–Kier alpha value is -1.88. The summed E-state index contributed by atoms with van der Waals surface area (Å²) in [5.74, 6) is 0.637. The van der Waals surface area contributed by atoms with Crippen molar-refractivity contribution in [3.05, 3.63) is 35.2 Å². The molecule has 1 N–H and O–H groups in total. The molecule has 0 aliphatic carbocycles. The van der Waals surface area contributed by atoms with Gasteiger partial charge in [0.1, 0.15) is 0 Å². The van der Waals surface area contributed by atoms with Crippen molar-refractivity contribution in [3.8, 4) is 0 Å². The van der Waals surface area contributed by atoms with Crippen LogP contribution in [0.3, 0.4) is 0 Å². The zero-order valence-corrected chi connectivity index (χ0v) is 12.9. The number of aromatic nitrogens is 2. The quantitative estimate of drug-likeness (QED) is 0.936. The molecule has 5 nitrogen and oxygen atoms in total. The van der Waals surface area contributed by atoms with Crippen molar-refractivity contribution in [3.63, 3.8) is 0 Å². The van der Waals surface area contributed by atoms with Gasteiger partial charge in [0.15, 0.2) is 0 Å². The van der Waals surface area contributed by atoms with Crippen molar-refractivity contribution in [2.45, 2.75) is 46.2 Å². The van der Waals surface area contributed by atoms with Crippen LogP contribution in [0.25, 0.3) is 0 Å². The molecular formula is C16H22N4O. The molecule has 1 aliphatic heterocycles. The minimum absolute atomic E-state index is 0.402. The number of fused-ring (bicyclic) bond motifs is 1. The van der Waals surface area contributed by atoms with Gasteiger partial charge in [0, 0.05) is 18.3 Å². The minimum Gasteiger partial charge on any atom is -0.406 e. The summed E-state index contributed by atoms with van der Waals surface area (Å²) in [6, 6.07) is 7.54. The highest BCUT2D eigenvalue weighted by Gasteiger charge is 2.22. The number of hydrogen-bond donors (Lipinski definition) is 1. The first-order valence-electron chi connectivity index (χ1n) is 7.56. The van der Waals surface area contributed by atoms with Crippen LogP contribution < -0.4 is 10.2 Å². The van der Waals surface area contributed by atoms with Gasteiger partial charge < -0.3 is 9.73 Å². The normalized spacial score (nSPS) is 14.6. The number of nitrogens with zero attached hydrogens (tertiary/aromatic N) is 3. The summed E-state index contributed by atoms with van der Waals surface area (Å²) < 4.78 is 5.80. The molecule has 112 valence electrons. The third-order valence-electron chi connectivity index (χ3n) is 3.70. The lowest BCUT2D eigenvalue weighted by atomic mass is 10.00. The summed E-state index contributed by atoms with van der Waals surface area (Å²) in [5.41, 5.74) is 3.85. The van der Waals surface area contributed by atoms with E-state index in [1.54, 1.807) is 0 Å². The Morgan fingerprint density at radius 1 is 1.33 bits per heavy atom. The maximum atomic E-state index is 5.80. The maximum Gasteiger partial charge on any atom is 0.322 e. The van der Waals surface area contributed by atoms with Gasteiger partial charge in [-0.3, -0.25) is 4.90 Å². The summed E-state index contributed by atoms with van der Waals surface area (Å²) in [4.78, 5) is 2.13. The molecule has 0 saturated carbocycles. The highest BCUT2D eigenvalue weighted by atomic mass is 16.4. The van der Waals surface area contributed by atoms with E-state index in [0.29, 0.717) is 24.5 Å². The second kappa shape index (κ2) is 5.85. The number of aryl methyl sites for hydroxylation is 2. The lowest BCUT2D eigenvalue weighted by Crippen LogP contribution is -2.24. The highest BCUT2D eigenvalue weighted by molar-refractivity contribution is 5.63. The van der Waals surface area contributed by atoms with E-state index in [2.05, 4.69) is 59.4 Å². The van der Waals surface area contributed by atoms with Crippen LogP contribution in [-0.4, -0.2) is 22.8 Å². The van der Waals surface area contributed by atoms with E-state index >= 15 is 0 Å². The van der Waals surface area contributed by atoms with Crippen LogP contribution in [0, 0.1) is 6.92 Å². The monoisotopic (exact) mass is 286 g/mol. The molecule has 5 heteroatoms. The van der Waals surface area contributed by atoms with Crippen molar-refractivity contribution >= 4 is 11.7 Å². The van der Waals surface area contributed by atoms with Gasteiger partial charge in [-0.1, -0.05) is 36.6 Å². The Labute approximate surface area is 125 Å². The van der Waals surface area contributed by atoms with Gasteiger partial charge in [-0.2, -0.15) is 0 Å². The summed E-state index contributed by atoms with van der Waals surface area (Å²) in [5, 5.41) is 11.6. The van der Waals surface area contributed by atoms with Crippen molar-refractivity contribution in [2.24, 2.45) is 0 Å². The van der Waals surface area contributed by atoms with Crippen LogP contribution in [0.2, 0.25) is 0 Å². The predicted molar refractivity (Wildman–Crippen MR) is 82.8 cm³/mol. The smallest absolute Gasteiger partial charge is 0.322 e. The average Bonchev–Trinajstić information content (AvgIpc) is 2.93. The molecule has 0 amide bonds. The molecule has 2 aromatic rings. The maximum absolute atomic E-state index is 5.80. The summed E-state index contributed by atoms with van der Waals surface area (Å²) in [6.45, 7) is 7.86. The SMILES string of the molecule is Cc1ccc2c(c1)CCCN2c1nnc(CNC(C)C)o1. The molecule has 1 aliphatic rings. The Balaban J connectivity index is 1.82. The Morgan fingerprint density at radius 2 is 2.19 bits per heavy atom. The Bertz CT molecular complexity index is 620. The third kappa shape index (κ3) is 3.08. The average molecular weight is 286 g/mol. The van der Waals surface area contributed by atoms with Gasteiger partial charge >= 0.3 is 6.01 Å². The minimum atomic E-state index is 0.402. The van der Waals surface area contributed by atoms with Gasteiger partial charge in [0.25, 0.3) is 0 Å². The molecule has 0 bridgehead atoms. The van der Waals surface area contributed by atoms with Crippen LogP contribution in [-0.2, 0) is 13.0 Å². The number of anilines is 2. The molecule has 0 spiro atoms. The van der Waals surface area contributed by atoms with Crippen molar-refractivity contribution < 1.29 is 4.42 Å². The zero-order chi connectivity index (χ0) is 14.8. The number of rotatable bonds is 4. The van der Waals surface area contributed by atoms with E-state index < -0.39 is 0 Å². The molecule has 1 aromatic heterocycles. The van der Waals surface area contributed by atoms with Crippen LogP contribution in [0.5, 0.6) is 0 Å². The van der Waals surface area contributed by atoms with Gasteiger partial charge in [-0.15, -0.1) is 5.10 Å². The first kappa shape index (κ1) is 14.1. The van der Waals surface area contributed by atoms with E-state index in [1.165, 1.54) is 16.8 Å². The van der Waals surface area contributed by atoms with Crippen LogP contribution >= 0.6 is 0 Å². The molecule has 0 unspecified atom stereocenters. The molecular weight excluding hydrogens is 264 g/mol. The largest absolute Gasteiger partial charge is 0.406 e. The number of nitrogens with one attached hydrogen (secondary N) is 1. The van der Waals surface area contributed by atoms with Crippen LogP contribution in [0.1, 0.15) is 37.3 Å². The van der Waals surface area contributed by atoms with Gasteiger partial charge in [-0.25, -0.2) is 0 Å². The van der Waals surface area contributed by atoms with Crippen LogP contribution in [0.4, 0.5) is 11.7 Å². The van der Waals surface area contributed by atoms with E-state index in [4.69, 9.17) is 4.42 Å². The fourth-order valence-corrected chi connectivity index (χ4v) is 2.64. The van der Waals surface area contributed by atoms with E-state index in [-0.39, 0.29) is 0 Å². The van der Waals surface area contributed by atoms with Crippen molar-refractivity contribution in [1.82, 2.24) is 15.5 Å². The lowest BCUT2D eigenvalue weighted by molar-refractivity contribution is 0.450. The standard InChI is InChI=1S/C16H22N4O/c1-11(2)17-10-15-18-19-16(21-15)20-8-4-5-13-9-12(3)6-7-14(13)20/h6-7,9,11,17H,4-5,8,10H2,1-3H3. The fraction of sp³-hybridized carbons (Fsp3) is 0.500.